The Kier molecular flexibility index (Phi) is 4.81. The molecule has 0 aromatic rings. The van der Waals surface area contributed by atoms with Gasteiger partial charge in [0.05, 0.1) is 18.1 Å². The zero-order chi connectivity index (χ0) is 16.6. The number of fused-ring (bicyclic) bond motifs is 3. The van der Waals surface area contributed by atoms with Gasteiger partial charge in [0, 0.05) is 19.0 Å². The summed E-state index contributed by atoms with van der Waals surface area (Å²) >= 11 is 0. The zero-order valence-corrected chi connectivity index (χ0v) is 14.5. The van der Waals surface area contributed by atoms with Gasteiger partial charge in [-0.2, -0.15) is 0 Å². The molecule has 5 heteroatoms. The predicted molar refractivity (Wildman–Crippen MR) is 86.9 cm³/mol. The lowest BCUT2D eigenvalue weighted by Crippen LogP contribution is -2.36. The van der Waals surface area contributed by atoms with E-state index in [1.807, 2.05) is 11.9 Å². The van der Waals surface area contributed by atoms with Crippen molar-refractivity contribution in [1.82, 2.24) is 4.90 Å². The number of hydrogen-bond acceptors (Lipinski definition) is 5. The number of aliphatic hydroxyl groups is 1. The minimum atomic E-state index is -0.136. The average molecular weight is 323 g/mol. The van der Waals surface area contributed by atoms with Crippen LogP contribution < -0.4 is 0 Å². The van der Waals surface area contributed by atoms with E-state index in [0.717, 1.165) is 25.7 Å². The summed E-state index contributed by atoms with van der Waals surface area (Å²) in [5.41, 5.74) is 1.26. The minimum absolute atomic E-state index is 0.0522. The van der Waals surface area contributed by atoms with E-state index < -0.39 is 0 Å². The molecule has 2 saturated heterocycles. The Morgan fingerprint density at radius 3 is 3.00 bits per heavy atom. The summed E-state index contributed by atoms with van der Waals surface area (Å²) in [7, 11) is 1.94. The van der Waals surface area contributed by atoms with Crippen LogP contribution in [-0.2, 0) is 14.3 Å². The van der Waals surface area contributed by atoms with Crippen molar-refractivity contribution in [2.75, 3.05) is 26.7 Å². The lowest BCUT2D eigenvalue weighted by molar-refractivity contribution is -0.145. The third-order valence-electron chi connectivity index (χ3n) is 5.73. The van der Waals surface area contributed by atoms with Gasteiger partial charge in [0.15, 0.2) is 0 Å². The second-order valence-corrected chi connectivity index (χ2v) is 7.64. The van der Waals surface area contributed by atoms with Gasteiger partial charge in [-0.15, -0.1) is 0 Å². The Hall–Kier alpha value is -0.910. The Morgan fingerprint density at radius 2 is 2.26 bits per heavy atom. The van der Waals surface area contributed by atoms with Gasteiger partial charge >= 0.3 is 5.97 Å². The van der Waals surface area contributed by atoms with Crippen LogP contribution in [0.3, 0.4) is 0 Å². The molecule has 0 unspecified atom stereocenters. The number of ether oxygens (including phenoxy) is 2. The third-order valence-corrected chi connectivity index (χ3v) is 5.73. The van der Waals surface area contributed by atoms with Crippen molar-refractivity contribution in [3.05, 3.63) is 11.6 Å². The number of carbonyl (C=O) groups is 1. The number of epoxide rings is 1. The van der Waals surface area contributed by atoms with Crippen LogP contribution in [0.4, 0.5) is 0 Å². The van der Waals surface area contributed by atoms with Crippen LogP contribution in [0, 0.1) is 11.8 Å². The standard InChI is InChI=1S/C18H29NO4/c1-12-5-4-8-18(2)16(23-18)15-13(7-6-12)14(17(21)22-15)11-19(3)9-10-20/h5,13-16,20H,4,6-11H2,1-3H3/t13-,14-,15-,16-,18+/m0/s1. The second kappa shape index (κ2) is 6.54. The summed E-state index contributed by atoms with van der Waals surface area (Å²) in [5, 5.41) is 9.09. The van der Waals surface area contributed by atoms with Gasteiger partial charge in [-0.05, 0) is 46.6 Å². The predicted octanol–water partition coefficient (Wildman–Crippen LogP) is 1.75. The van der Waals surface area contributed by atoms with Crippen LogP contribution in [0.5, 0.6) is 0 Å². The molecule has 130 valence electrons. The number of likely N-dealkylation sites (N-methyl/N-ethyl adjacent to an activating group) is 1. The minimum Gasteiger partial charge on any atom is -0.459 e. The van der Waals surface area contributed by atoms with Gasteiger partial charge in [0.25, 0.3) is 0 Å². The first kappa shape index (κ1) is 16.9. The maximum absolute atomic E-state index is 12.4. The van der Waals surface area contributed by atoms with E-state index in [1.165, 1.54) is 5.57 Å². The highest BCUT2D eigenvalue weighted by atomic mass is 16.6. The molecular formula is C18H29NO4. The molecule has 23 heavy (non-hydrogen) atoms. The molecule has 1 aliphatic carbocycles. The van der Waals surface area contributed by atoms with E-state index in [2.05, 4.69) is 19.9 Å². The molecule has 0 saturated carbocycles. The van der Waals surface area contributed by atoms with Crippen LogP contribution >= 0.6 is 0 Å². The van der Waals surface area contributed by atoms with Crippen LogP contribution in [0.25, 0.3) is 0 Å². The first-order valence-electron chi connectivity index (χ1n) is 8.78. The molecule has 0 radical (unpaired) electrons. The SMILES string of the molecule is CC1=CCC[C@@]2(C)O[C@H]2[C@H]2OC(=O)[C@@H](CN(C)CCO)[C@@H]2CC1. The first-order valence-corrected chi connectivity index (χ1v) is 8.78. The highest BCUT2D eigenvalue weighted by Gasteiger charge is 2.62. The maximum atomic E-state index is 12.4. The molecule has 2 aliphatic heterocycles. The Bertz CT molecular complexity index is 491. The number of aliphatic hydroxyl groups excluding tert-OH is 1. The summed E-state index contributed by atoms with van der Waals surface area (Å²) in [5.74, 6) is -0.00216. The number of rotatable bonds is 4. The van der Waals surface area contributed by atoms with Gasteiger partial charge in [0.2, 0.25) is 0 Å². The van der Waals surface area contributed by atoms with Crippen molar-refractivity contribution in [3.63, 3.8) is 0 Å². The molecule has 3 rings (SSSR count). The smallest absolute Gasteiger partial charge is 0.311 e. The number of nitrogens with zero attached hydrogens (tertiary/aromatic N) is 1. The fourth-order valence-corrected chi connectivity index (χ4v) is 4.15. The lowest BCUT2D eigenvalue weighted by atomic mass is 9.80. The summed E-state index contributed by atoms with van der Waals surface area (Å²) < 4.78 is 11.7. The Labute approximate surface area is 138 Å². The average Bonchev–Trinajstić information content (AvgIpc) is 3.06. The first-order chi connectivity index (χ1) is 10.9. The molecule has 0 aromatic heterocycles. The second-order valence-electron chi connectivity index (χ2n) is 7.64. The molecular weight excluding hydrogens is 294 g/mol. The fourth-order valence-electron chi connectivity index (χ4n) is 4.15. The lowest BCUT2D eigenvalue weighted by Gasteiger charge is -2.25. The molecule has 2 fully saturated rings. The van der Waals surface area contributed by atoms with Crippen molar-refractivity contribution >= 4 is 5.97 Å². The summed E-state index contributed by atoms with van der Waals surface area (Å²) in [6, 6.07) is 0. The van der Waals surface area contributed by atoms with Crippen LogP contribution in [0.2, 0.25) is 0 Å². The fraction of sp³-hybridized carbons (Fsp3) is 0.833. The van der Waals surface area contributed by atoms with Gasteiger partial charge in [0.1, 0.15) is 12.2 Å². The molecule has 0 spiro atoms. The zero-order valence-electron chi connectivity index (χ0n) is 14.5. The highest BCUT2D eigenvalue weighted by Crippen LogP contribution is 2.50. The van der Waals surface area contributed by atoms with E-state index in [9.17, 15) is 4.79 Å². The molecule has 2 heterocycles. The van der Waals surface area contributed by atoms with Crippen molar-refractivity contribution < 1.29 is 19.4 Å². The molecule has 5 nitrogen and oxygen atoms in total. The maximum Gasteiger partial charge on any atom is 0.311 e. The molecule has 3 aliphatic rings. The normalized spacial score (nSPS) is 40.2. The molecule has 5 atom stereocenters. The van der Waals surface area contributed by atoms with Crippen LogP contribution in [0.1, 0.15) is 39.5 Å². The summed E-state index contributed by atoms with van der Waals surface area (Å²) in [4.78, 5) is 14.5. The van der Waals surface area contributed by atoms with E-state index in [1.54, 1.807) is 0 Å². The van der Waals surface area contributed by atoms with E-state index in [4.69, 9.17) is 14.6 Å². The van der Waals surface area contributed by atoms with Gasteiger partial charge in [-0.3, -0.25) is 4.79 Å². The quantitative estimate of drug-likeness (QED) is 0.485. The van der Waals surface area contributed by atoms with Gasteiger partial charge < -0.3 is 19.5 Å². The van der Waals surface area contributed by atoms with E-state index >= 15 is 0 Å². The van der Waals surface area contributed by atoms with E-state index in [-0.39, 0.29) is 42.2 Å². The van der Waals surface area contributed by atoms with Gasteiger partial charge in [-0.1, -0.05) is 11.6 Å². The van der Waals surface area contributed by atoms with Crippen molar-refractivity contribution in [3.8, 4) is 0 Å². The topological polar surface area (TPSA) is 62.3 Å². The molecule has 0 aromatic carbocycles. The number of carbonyl (C=O) groups excluding carboxylic acids is 1. The largest absolute Gasteiger partial charge is 0.459 e. The highest BCUT2D eigenvalue weighted by molar-refractivity contribution is 5.75. The van der Waals surface area contributed by atoms with Crippen molar-refractivity contribution in [1.29, 1.82) is 0 Å². The third kappa shape index (κ3) is 3.47. The molecule has 1 N–H and O–H groups in total. The Morgan fingerprint density at radius 1 is 1.48 bits per heavy atom. The Balaban J connectivity index is 1.77. The van der Waals surface area contributed by atoms with Crippen LogP contribution in [0.15, 0.2) is 11.6 Å². The number of esters is 1. The monoisotopic (exact) mass is 323 g/mol. The summed E-state index contributed by atoms with van der Waals surface area (Å²) in [6.45, 7) is 5.65. The molecule has 0 bridgehead atoms. The van der Waals surface area contributed by atoms with Crippen molar-refractivity contribution in [2.24, 2.45) is 11.8 Å². The number of hydrogen-bond donors (Lipinski definition) is 1. The summed E-state index contributed by atoms with van der Waals surface area (Å²) in [6.07, 6.45) is 6.27. The molecule has 0 amide bonds. The number of allylic oxidation sites excluding steroid dienone is 2. The van der Waals surface area contributed by atoms with Crippen LogP contribution in [-0.4, -0.2) is 60.5 Å². The van der Waals surface area contributed by atoms with E-state index in [0.29, 0.717) is 13.1 Å². The van der Waals surface area contributed by atoms with Crippen molar-refractivity contribution in [2.45, 2.75) is 57.3 Å². The van der Waals surface area contributed by atoms with Gasteiger partial charge in [-0.25, -0.2) is 0 Å².